The minimum atomic E-state index is -1.50. The van der Waals surface area contributed by atoms with E-state index < -0.39 is 28.5 Å². The predicted octanol–water partition coefficient (Wildman–Crippen LogP) is 0.963. The van der Waals surface area contributed by atoms with Crippen LogP contribution in [0.25, 0.3) is 0 Å². The van der Waals surface area contributed by atoms with Crippen LogP contribution >= 0.6 is 9.69 Å². The van der Waals surface area contributed by atoms with Gasteiger partial charge in [-0.1, -0.05) is 0 Å². The summed E-state index contributed by atoms with van der Waals surface area (Å²) in [6.45, 7) is 0. The molecule has 13 heavy (non-hydrogen) atoms. The molecule has 0 aliphatic heterocycles. The van der Waals surface area contributed by atoms with Gasteiger partial charge in [0.1, 0.15) is 0 Å². The number of carboxylic acids is 1. The summed E-state index contributed by atoms with van der Waals surface area (Å²) in [7, 11) is 5.41. The first-order valence-electron chi connectivity index (χ1n) is 3.87. The third kappa shape index (κ3) is 8.06. The van der Waals surface area contributed by atoms with Gasteiger partial charge in [0.2, 0.25) is 0 Å². The second kappa shape index (κ2) is 7.16. The minimum absolute atomic E-state index is 0.0669. The maximum atomic E-state index is 10.8. The summed E-state index contributed by atoms with van der Waals surface area (Å²) in [5.74, 6) is -1.45. The van der Waals surface area contributed by atoms with E-state index in [9.17, 15) is 14.4 Å². The average Bonchev–Trinajstić information content (AvgIpc) is 2.02. The first-order chi connectivity index (χ1) is 6.06. The molecule has 0 atom stereocenters. The van der Waals surface area contributed by atoms with Crippen LogP contribution < -0.4 is 0 Å². The molecule has 0 unspecified atom stereocenters. The Bertz CT molecular complexity index is 217. The number of halogens is 1. The van der Waals surface area contributed by atoms with Crippen LogP contribution in [0.1, 0.15) is 25.7 Å². The Hall–Kier alpha value is -0.277. The van der Waals surface area contributed by atoms with Crippen molar-refractivity contribution >= 4 is 25.8 Å². The van der Waals surface area contributed by atoms with E-state index in [0.29, 0.717) is 12.8 Å². The summed E-state index contributed by atoms with van der Waals surface area (Å²) in [5, 5.41) is 8.24. The van der Waals surface area contributed by atoms with Crippen molar-refractivity contribution in [2.45, 2.75) is 25.7 Å². The van der Waals surface area contributed by atoms with E-state index in [4.69, 9.17) is 14.8 Å². The first kappa shape index (κ1) is 12.7. The van der Waals surface area contributed by atoms with Gasteiger partial charge >= 0.3 is 87.1 Å². The molecule has 0 aromatic heterocycles. The fourth-order valence-electron chi connectivity index (χ4n) is 0.807. The third-order valence-electron chi connectivity index (χ3n) is 1.41. The van der Waals surface area contributed by atoms with Crippen LogP contribution in [0.5, 0.6) is 0 Å². The molecule has 0 rings (SSSR count). The summed E-state index contributed by atoms with van der Waals surface area (Å²) in [6, 6.07) is 0. The quantitative estimate of drug-likeness (QED) is 0.545. The van der Waals surface area contributed by atoms with Gasteiger partial charge in [-0.15, -0.1) is 0 Å². The molecule has 6 heteroatoms. The molecule has 0 aromatic carbocycles. The number of hydrogen-bond donors (Lipinski definition) is 1. The van der Waals surface area contributed by atoms with Crippen molar-refractivity contribution in [3.63, 3.8) is 0 Å². The van der Waals surface area contributed by atoms with E-state index in [2.05, 4.69) is 0 Å². The summed E-state index contributed by atoms with van der Waals surface area (Å²) >= 11 is -1.50. The summed E-state index contributed by atoms with van der Waals surface area (Å²) in [6.07, 6.45) is 0.478. The summed E-state index contributed by atoms with van der Waals surface area (Å²) in [5.41, 5.74) is 0. The van der Waals surface area contributed by atoms with Crippen molar-refractivity contribution < 1.29 is 35.6 Å². The van der Waals surface area contributed by atoms with E-state index in [1.54, 1.807) is 0 Å². The number of ketones is 1. The van der Waals surface area contributed by atoms with Gasteiger partial charge in [0, 0.05) is 0 Å². The molecule has 0 radical (unpaired) electrons. The van der Waals surface area contributed by atoms with Gasteiger partial charge < -0.3 is 0 Å². The zero-order valence-electron chi connectivity index (χ0n) is 7.09. The monoisotopic (exact) mass is 256 g/mol. The molecule has 4 nitrogen and oxygen atoms in total. The van der Waals surface area contributed by atoms with E-state index in [1.165, 1.54) is 0 Å². The van der Waals surface area contributed by atoms with Gasteiger partial charge in [-0.25, -0.2) is 0 Å². The van der Waals surface area contributed by atoms with Gasteiger partial charge in [0.05, 0.1) is 0 Å². The molecule has 0 saturated carbocycles. The van der Waals surface area contributed by atoms with E-state index in [-0.39, 0.29) is 16.6 Å². The number of rotatable bonds is 7. The molecule has 0 bridgehead atoms. The molecule has 0 aliphatic rings. The number of hydrogen-bond acceptors (Lipinski definition) is 3. The molecular weight excluding hydrogens is 249 g/mol. The van der Waals surface area contributed by atoms with E-state index >= 15 is 0 Å². The number of aliphatic carboxylic acids is 1. The van der Waals surface area contributed by atoms with Crippen LogP contribution in [0.2, 0.25) is 0 Å². The molecule has 0 aliphatic carbocycles. The molecular formula is C7H9ClO4Zn. The van der Waals surface area contributed by atoms with Crippen molar-refractivity contribution in [3.8, 4) is 0 Å². The Morgan fingerprint density at radius 2 is 1.85 bits per heavy atom. The molecule has 0 saturated heterocycles. The molecule has 0 heterocycles. The normalized spacial score (nSPS) is 9.00. The first-order valence-corrected chi connectivity index (χ1v) is 9.25. The van der Waals surface area contributed by atoms with Crippen LogP contribution in [-0.2, 0) is 30.5 Å². The van der Waals surface area contributed by atoms with Gasteiger partial charge in [0.15, 0.2) is 0 Å². The van der Waals surface area contributed by atoms with Crippen LogP contribution in [0.15, 0.2) is 0 Å². The van der Waals surface area contributed by atoms with Gasteiger partial charge in [-0.05, 0) is 0 Å². The Labute approximate surface area is 87.3 Å². The molecule has 0 spiro atoms. The number of Topliss-reactive ketones (excluding diaryl/α,β-unsaturated/α-hetero) is 1. The fraction of sp³-hybridized carbons (Fsp3) is 0.571. The maximum absolute atomic E-state index is 10.8. The van der Waals surface area contributed by atoms with Gasteiger partial charge in [-0.3, -0.25) is 0 Å². The zero-order valence-corrected chi connectivity index (χ0v) is 10.8. The second-order valence-electron chi connectivity index (χ2n) is 2.64. The Morgan fingerprint density at radius 3 is 2.31 bits per heavy atom. The Morgan fingerprint density at radius 1 is 1.23 bits per heavy atom. The zero-order chi connectivity index (χ0) is 10.3. The number of carbonyl (C=O) groups excluding carboxylic acids is 2. The topological polar surface area (TPSA) is 71.4 Å². The van der Waals surface area contributed by atoms with Crippen LogP contribution in [0.3, 0.4) is 0 Å². The number of carboxylic acid groups (broad SMARTS) is 1. The van der Waals surface area contributed by atoms with Crippen LogP contribution in [0, 0.1) is 0 Å². The molecule has 0 amide bonds. The summed E-state index contributed by atoms with van der Waals surface area (Å²) < 4.78 is 0.0669. The van der Waals surface area contributed by atoms with Gasteiger partial charge in [-0.2, -0.15) is 0 Å². The third-order valence-corrected chi connectivity index (χ3v) is 4.32. The van der Waals surface area contributed by atoms with Gasteiger partial charge in [0.25, 0.3) is 0 Å². The molecule has 1 N–H and O–H groups in total. The van der Waals surface area contributed by atoms with E-state index in [0.717, 1.165) is 0 Å². The number of carbonyl (C=O) groups is 3. The van der Waals surface area contributed by atoms with Crippen molar-refractivity contribution in [1.29, 1.82) is 0 Å². The van der Waals surface area contributed by atoms with Crippen molar-refractivity contribution in [2.24, 2.45) is 0 Å². The molecule has 0 fully saturated rings. The van der Waals surface area contributed by atoms with Crippen LogP contribution in [0.4, 0.5) is 0 Å². The van der Waals surface area contributed by atoms with Crippen molar-refractivity contribution in [3.05, 3.63) is 0 Å². The molecule has 0 aromatic rings. The standard InChI is InChI=1S/C7H9O4.ClH.Zn/c8-4-2-1-3-6(9)5-7(10)11;;/h1-3,5H2,(H,10,11);1H;/q;;+1/p-1. The molecule has 70 valence electrons. The Kier molecular flexibility index (Phi) is 7.01. The average molecular weight is 258 g/mol. The SMILES string of the molecule is O=C(O)CC(=O)CCC[C](=O)[Zn][Cl]. The predicted molar refractivity (Wildman–Crippen MR) is 42.0 cm³/mol. The Balaban J connectivity index is 3.48. The second-order valence-corrected chi connectivity index (χ2v) is 6.24. The fourth-order valence-corrected chi connectivity index (χ4v) is 2.31. The van der Waals surface area contributed by atoms with Crippen LogP contribution in [-0.4, -0.2) is 21.2 Å². The van der Waals surface area contributed by atoms with Crippen molar-refractivity contribution in [1.82, 2.24) is 0 Å². The van der Waals surface area contributed by atoms with E-state index in [1.807, 2.05) is 0 Å². The van der Waals surface area contributed by atoms with Crippen molar-refractivity contribution in [2.75, 3.05) is 0 Å². The summed E-state index contributed by atoms with van der Waals surface area (Å²) in [4.78, 5) is 31.6.